The molecule has 2 saturated carbocycles. The Balaban J connectivity index is 1.86. The molecule has 78 valence electrons. The Kier molecular flexibility index (Phi) is 1.16. The van der Waals surface area contributed by atoms with Crippen molar-refractivity contribution in [2.24, 2.45) is 41.4 Å². The Bertz CT molecular complexity index is 381. The SMILES string of the molecule is NN1C(=O)[C@@H]2[C@H]3C=C[C@@H]([C@@H]4C[C@@H]34)[C@@H]2C1=O. The van der Waals surface area contributed by atoms with E-state index in [-0.39, 0.29) is 35.5 Å². The number of carbonyl (C=O) groups excluding carboxylic acids is 2. The third kappa shape index (κ3) is 0.718. The molecule has 0 radical (unpaired) electrons. The van der Waals surface area contributed by atoms with Gasteiger partial charge in [-0.15, -0.1) is 0 Å². The van der Waals surface area contributed by atoms with Gasteiger partial charge in [0.2, 0.25) is 11.8 Å². The van der Waals surface area contributed by atoms with Crippen LogP contribution in [0.1, 0.15) is 6.42 Å². The lowest BCUT2D eigenvalue weighted by Crippen LogP contribution is -2.40. The third-order valence-corrected chi connectivity index (χ3v) is 4.70. The largest absolute Gasteiger partial charge is 0.273 e. The molecule has 1 saturated heterocycles. The van der Waals surface area contributed by atoms with Crippen LogP contribution in [0.5, 0.6) is 0 Å². The maximum atomic E-state index is 11.9. The second-order valence-electron chi connectivity index (χ2n) is 5.20. The monoisotopic (exact) mass is 204 g/mol. The summed E-state index contributed by atoms with van der Waals surface area (Å²) in [6.45, 7) is 0. The minimum atomic E-state index is -0.158. The highest BCUT2D eigenvalue weighted by Gasteiger charge is 2.66. The highest BCUT2D eigenvalue weighted by molar-refractivity contribution is 6.05. The average Bonchev–Trinajstić information content (AvgIpc) is 3.02. The molecule has 1 aliphatic heterocycles. The Morgan fingerprint density at radius 3 is 2.00 bits per heavy atom. The van der Waals surface area contributed by atoms with E-state index in [1.807, 2.05) is 0 Å². The number of allylic oxidation sites excluding steroid dienone is 2. The zero-order chi connectivity index (χ0) is 10.3. The van der Waals surface area contributed by atoms with Crippen LogP contribution in [-0.2, 0) is 9.59 Å². The Morgan fingerprint density at radius 1 is 1.07 bits per heavy atom. The lowest BCUT2D eigenvalue weighted by molar-refractivity contribution is -0.140. The fraction of sp³-hybridized carbons (Fsp3) is 0.636. The van der Waals surface area contributed by atoms with Gasteiger partial charge in [0.15, 0.2) is 0 Å². The second-order valence-corrected chi connectivity index (χ2v) is 5.20. The van der Waals surface area contributed by atoms with Crippen molar-refractivity contribution in [1.29, 1.82) is 0 Å². The normalized spacial score (nSPS) is 54.6. The number of nitrogens with two attached hydrogens (primary N) is 1. The van der Waals surface area contributed by atoms with Crippen molar-refractivity contribution >= 4 is 11.8 Å². The van der Waals surface area contributed by atoms with Crippen LogP contribution in [0.25, 0.3) is 0 Å². The molecule has 1 heterocycles. The predicted molar refractivity (Wildman–Crippen MR) is 50.7 cm³/mol. The highest BCUT2D eigenvalue weighted by Crippen LogP contribution is 2.65. The maximum Gasteiger partial charge on any atom is 0.248 e. The van der Waals surface area contributed by atoms with Gasteiger partial charge in [-0.25, -0.2) is 10.9 Å². The summed E-state index contributed by atoms with van der Waals surface area (Å²) < 4.78 is 0. The zero-order valence-electron chi connectivity index (χ0n) is 8.17. The molecule has 4 nitrogen and oxygen atoms in total. The molecule has 0 aromatic carbocycles. The van der Waals surface area contributed by atoms with E-state index in [1.165, 1.54) is 6.42 Å². The first-order valence-corrected chi connectivity index (χ1v) is 5.51. The molecule has 0 aromatic rings. The molecule has 4 aliphatic carbocycles. The van der Waals surface area contributed by atoms with E-state index in [2.05, 4.69) is 12.2 Å². The van der Waals surface area contributed by atoms with Crippen LogP contribution in [0.2, 0.25) is 0 Å². The summed E-state index contributed by atoms with van der Waals surface area (Å²) in [5.74, 6) is 6.80. The Labute approximate surface area is 87.1 Å². The molecule has 2 bridgehead atoms. The lowest BCUT2D eigenvalue weighted by Gasteiger charge is -2.37. The molecule has 15 heavy (non-hydrogen) atoms. The molecule has 5 aliphatic rings. The minimum absolute atomic E-state index is 0.138. The van der Waals surface area contributed by atoms with Gasteiger partial charge in [0, 0.05) is 0 Å². The van der Waals surface area contributed by atoms with Gasteiger partial charge < -0.3 is 0 Å². The molecule has 5 rings (SSSR count). The molecule has 4 heteroatoms. The van der Waals surface area contributed by atoms with Crippen molar-refractivity contribution in [2.45, 2.75) is 6.42 Å². The maximum absolute atomic E-state index is 11.9. The van der Waals surface area contributed by atoms with E-state index in [1.54, 1.807) is 0 Å². The van der Waals surface area contributed by atoms with Crippen LogP contribution in [0.3, 0.4) is 0 Å². The fourth-order valence-corrected chi connectivity index (χ4v) is 3.98. The fourth-order valence-electron chi connectivity index (χ4n) is 3.98. The van der Waals surface area contributed by atoms with Gasteiger partial charge in [-0.05, 0) is 30.1 Å². The summed E-state index contributed by atoms with van der Waals surface area (Å²) in [6.07, 6.45) is 5.48. The number of nitrogens with zero attached hydrogens (tertiary/aromatic N) is 1. The molecule has 6 atom stereocenters. The van der Waals surface area contributed by atoms with E-state index in [9.17, 15) is 9.59 Å². The molecule has 0 unspecified atom stereocenters. The van der Waals surface area contributed by atoms with Gasteiger partial charge in [0.05, 0.1) is 11.8 Å². The lowest BCUT2D eigenvalue weighted by atomic mass is 9.63. The zero-order valence-corrected chi connectivity index (χ0v) is 8.17. The molecule has 0 aromatic heterocycles. The second kappa shape index (κ2) is 2.16. The van der Waals surface area contributed by atoms with Crippen LogP contribution < -0.4 is 5.84 Å². The number of hydrazine groups is 1. The van der Waals surface area contributed by atoms with Crippen molar-refractivity contribution < 1.29 is 9.59 Å². The van der Waals surface area contributed by atoms with Crippen LogP contribution >= 0.6 is 0 Å². The number of imide groups is 1. The van der Waals surface area contributed by atoms with Gasteiger partial charge in [0.25, 0.3) is 0 Å². The first-order chi connectivity index (χ1) is 7.20. The molecular weight excluding hydrogens is 192 g/mol. The van der Waals surface area contributed by atoms with Crippen LogP contribution in [0, 0.1) is 35.5 Å². The van der Waals surface area contributed by atoms with Crippen LogP contribution in [0.15, 0.2) is 12.2 Å². The van der Waals surface area contributed by atoms with Gasteiger partial charge in [-0.1, -0.05) is 12.2 Å². The van der Waals surface area contributed by atoms with Crippen LogP contribution in [-0.4, -0.2) is 16.8 Å². The number of amides is 2. The third-order valence-electron chi connectivity index (χ3n) is 4.70. The summed E-state index contributed by atoms with van der Waals surface area (Å²) in [7, 11) is 0. The number of hydrogen-bond acceptors (Lipinski definition) is 3. The van der Waals surface area contributed by atoms with Gasteiger partial charge >= 0.3 is 0 Å². The van der Waals surface area contributed by atoms with Gasteiger partial charge in [0.1, 0.15) is 0 Å². The predicted octanol–water partition coefficient (Wildman–Crippen LogP) is -0.0868. The standard InChI is InChI=1S/C11H12N2O2/c12-13-10(14)8-4-1-2-5(7-3-6(4)7)9(8)11(13)15/h1-2,4-9H,3,12H2/t4-,5-,6-,7-,8-,9+/m0/s1. The van der Waals surface area contributed by atoms with Gasteiger partial charge in [-0.2, -0.15) is 0 Å². The quantitative estimate of drug-likeness (QED) is 0.260. The average molecular weight is 204 g/mol. The van der Waals surface area contributed by atoms with Crippen molar-refractivity contribution in [1.82, 2.24) is 5.01 Å². The summed E-state index contributed by atoms with van der Waals surface area (Å²) in [5, 5.41) is 0.854. The van der Waals surface area contributed by atoms with E-state index in [4.69, 9.17) is 5.84 Å². The Hall–Kier alpha value is -1.16. The van der Waals surface area contributed by atoms with E-state index in [0.29, 0.717) is 11.8 Å². The van der Waals surface area contributed by atoms with Crippen molar-refractivity contribution in [2.75, 3.05) is 0 Å². The molecule has 0 spiro atoms. The van der Waals surface area contributed by atoms with E-state index in [0.717, 1.165) is 5.01 Å². The van der Waals surface area contributed by atoms with Gasteiger partial charge in [-0.3, -0.25) is 9.59 Å². The highest BCUT2D eigenvalue weighted by atomic mass is 16.2. The first kappa shape index (κ1) is 8.05. The summed E-state index contributed by atoms with van der Waals surface area (Å²) in [6, 6.07) is 0. The van der Waals surface area contributed by atoms with E-state index >= 15 is 0 Å². The van der Waals surface area contributed by atoms with E-state index < -0.39 is 0 Å². The summed E-state index contributed by atoms with van der Waals surface area (Å²) in [5.41, 5.74) is 0. The molecule has 2 N–H and O–H groups in total. The van der Waals surface area contributed by atoms with Crippen molar-refractivity contribution in [3.05, 3.63) is 12.2 Å². The minimum Gasteiger partial charge on any atom is -0.273 e. The molecular formula is C11H12N2O2. The topological polar surface area (TPSA) is 63.4 Å². The smallest absolute Gasteiger partial charge is 0.248 e. The molecule has 2 amide bonds. The molecule has 3 fully saturated rings. The van der Waals surface area contributed by atoms with Crippen molar-refractivity contribution in [3.63, 3.8) is 0 Å². The number of hydrogen-bond donors (Lipinski definition) is 1. The summed E-state index contributed by atoms with van der Waals surface area (Å²) >= 11 is 0. The number of carbonyl (C=O) groups is 2. The van der Waals surface area contributed by atoms with Crippen LogP contribution in [0.4, 0.5) is 0 Å². The first-order valence-electron chi connectivity index (χ1n) is 5.51. The number of rotatable bonds is 0. The Morgan fingerprint density at radius 2 is 1.53 bits per heavy atom. The summed E-state index contributed by atoms with van der Waals surface area (Å²) in [4.78, 5) is 23.7. The van der Waals surface area contributed by atoms with Crippen molar-refractivity contribution in [3.8, 4) is 0 Å².